The van der Waals surface area contributed by atoms with Gasteiger partial charge in [-0.3, -0.25) is 0 Å². The van der Waals surface area contributed by atoms with E-state index in [4.69, 9.17) is 14.2 Å². The molecule has 0 atom stereocenters. The third-order valence-corrected chi connectivity index (χ3v) is 2.54. The van der Waals surface area contributed by atoms with Crippen LogP contribution in [-0.2, 0) is 19.0 Å². The Labute approximate surface area is 92.3 Å². The first-order valence-electron chi connectivity index (χ1n) is 4.17. The van der Waals surface area contributed by atoms with Gasteiger partial charge in [-0.25, -0.2) is 4.79 Å². The number of hydrogen-bond donors (Lipinski definition) is 0. The van der Waals surface area contributed by atoms with E-state index in [0.717, 1.165) is 0 Å². The molecule has 0 spiro atoms. The van der Waals surface area contributed by atoms with E-state index in [-0.39, 0.29) is 5.97 Å². The van der Waals surface area contributed by atoms with Crippen LogP contribution in [0.2, 0.25) is 0 Å². The molecule has 0 aromatic carbocycles. The highest BCUT2D eigenvalue weighted by Crippen LogP contribution is 2.20. The van der Waals surface area contributed by atoms with Crippen LogP contribution < -0.4 is 0 Å². The topological polar surface area (TPSA) is 44.8 Å². The Hall–Kier alpha value is -0.390. The number of methoxy groups -OCH3 is 2. The zero-order valence-electron chi connectivity index (χ0n) is 8.80. The number of ether oxygens (including phenoxy) is 3. The standard InChI is InChI=1S/C9H15BrO4/c1-5-14-8(11)6(2)7(10)9(12-3)13-4/h9H,5H2,1-4H3. The van der Waals surface area contributed by atoms with Gasteiger partial charge >= 0.3 is 5.97 Å². The first-order valence-corrected chi connectivity index (χ1v) is 4.96. The molecule has 0 aromatic heterocycles. The molecule has 0 radical (unpaired) electrons. The van der Waals surface area contributed by atoms with Crippen LogP contribution in [0.3, 0.4) is 0 Å². The predicted molar refractivity (Wildman–Crippen MR) is 56.1 cm³/mol. The number of rotatable bonds is 5. The minimum Gasteiger partial charge on any atom is -0.463 e. The number of carbonyl (C=O) groups excluding carboxylic acids is 1. The van der Waals surface area contributed by atoms with E-state index in [1.54, 1.807) is 13.8 Å². The summed E-state index contributed by atoms with van der Waals surface area (Å²) < 4.78 is 15.3. The molecule has 0 N–H and O–H groups in total. The first kappa shape index (κ1) is 13.6. The van der Waals surface area contributed by atoms with Crippen molar-refractivity contribution in [2.75, 3.05) is 20.8 Å². The Balaban J connectivity index is 4.63. The molecule has 82 valence electrons. The summed E-state index contributed by atoms with van der Waals surface area (Å²) in [7, 11) is 2.99. The van der Waals surface area contributed by atoms with Crippen molar-refractivity contribution in [1.82, 2.24) is 0 Å². The Morgan fingerprint density at radius 1 is 1.36 bits per heavy atom. The Kier molecular flexibility index (Phi) is 6.78. The van der Waals surface area contributed by atoms with Gasteiger partial charge in [0.15, 0.2) is 6.29 Å². The van der Waals surface area contributed by atoms with Crippen molar-refractivity contribution in [3.05, 3.63) is 10.1 Å². The molecule has 0 amide bonds. The Morgan fingerprint density at radius 2 is 1.86 bits per heavy atom. The lowest BCUT2D eigenvalue weighted by atomic mass is 10.3. The second kappa shape index (κ2) is 6.98. The number of esters is 1. The lowest BCUT2D eigenvalue weighted by molar-refractivity contribution is -0.138. The van der Waals surface area contributed by atoms with Crippen molar-refractivity contribution in [3.8, 4) is 0 Å². The second-order valence-corrected chi connectivity index (χ2v) is 3.35. The molecule has 0 bridgehead atoms. The Bertz CT molecular complexity index is 221. The van der Waals surface area contributed by atoms with Gasteiger partial charge in [-0.05, 0) is 29.8 Å². The molecule has 0 saturated heterocycles. The maximum Gasteiger partial charge on any atom is 0.334 e. The monoisotopic (exact) mass is 266 g/mol. The zero-order valence-corrected chi connectivity index (χ0v) is 10.4. The highest BCUT2D eigenvalue weighted by atomic mass is 79.9. The van der Waals surface area contributed by atoms with E-state index < -0.39 is 6.29 Å². The number of halogens is 1. The summed E-state index contributed by atoms with van der Waals surface area (Å²) in [5, 5.41) is 0. The minimum atomic E-state index is -0.570. The molecular weight excluding hydrogens is 252 g/mol. The van der Waals surface area contributed by atoms with Gasteiger partial charge in [0.25, 0.3) is 0 Å². The van der Waals surface area contributed by atoms with Crippen molar-refractivity contribution < 1.29 is 19.0 Å². The maximum absolute atomic E-state index is 11.3. The largest absolute Gasteiger partial charge is 0.463 e. The molecule has 14 heavy (non-hydrogen) atoms. The summed E-state index contributed by atoms with van der Waals surface area (Å²) in [6.45, 7) is 3.75. The molecule has 0 saturated carbocycles. The van der Waals surface area contributed by atoms with E-state index in [0.29, 0.717) is 16.7 Å². The quantitative estimate of drug-likeness (QED) is 0.433. The molecule has 0 aliphatic carbocycles. The average Bonchev–Trinajstić information content (AvgIpc) is 2.18. The molecular formula is C9H15BrO4. The predicted octanol–water partition coefficient (Wildman–Crippen LogP) is 1.84. The molecule has 0 heterocycles. The molecule has 0 fully saturated rings. The van der Waals surface area contributed by atoms with Crippen LogP contribution in [0.4, 0.5) is 0 Å². The van der Waals surface area contributed by atoms with Crippen LogP contribution in [-0.4, -0.2) is 33.1 Å². The summed E-state index contributed by atoms with van der Waals surface area (Å²) in [5.74, 6) is -0.376. The lowest BCUT2D eigenvalue weighted by Gasteiger charge is -2.14. The summed E-state index contributed by atoms with van der Waals surface area (Å²) in [6, 6.07) is 0. The van der Waals surface area contributed by atoms with Crippen molar-refractivity contribution in [2.24, 2.45) is 0 Å². The van der Waals surface area contributed by atoms with Gasteiger partial charge in [-0.15, -0.1) is 0 Å². The smallest absolute Gasteiger partial charge is 0.334 e. The van der Waals surface area contributed by atoms with Crippen LogP contribution in [0.15, 0.2) is 10.1 Å². The van der Waals surface area contributed by atoms with Crippen LogP contribution in [0.1, 0.15) is 13.8 Å². The lowest BCUT2D eigenvalue weighted by Crippen LogP contribution is -2.17. The highest BCUT2D eigenvalue weighted by Gasteiger charge is 2.17. The summed E-state index contributed by atoms with van der Waals surface area (Å²) >= 11 is 3.23. The van der Waals surface area contributed by atoms with Crippen LogP contribution >= 0.6 is 15.9 Å². The van der Waals surface area contributed by atoms with Crippen LogP contribution in [0.5, 0.6) is 0 Å². The first-order chi connectivity index (χ1) is 6.58. The SMILES string of the molecule is CCOC(=O)C(C)=C(Br)C(OC)OC. The van der Waals surface area contributed by atoms with Gasteiger partial charge < -0.3 is 14.2 Å². The zero-order chi connectivity index (χ0) is 11.1. The van der Waals surface area contributed by atoms with Crippen molar-refractivity contribution in [2.45, 2.75) is 20.1 Å². The molecule has 0 unspecified atom stereocenters. The van der Waals surface area contributed by atoms with Gasteiger partial charge in [0, 0.05) is 19.8 Å². The average molecular weight is 267 g/mol. The van der Waals surface area contributed by atoms with E-state index >= 15 is 0 Å². The van der Waals surface area contributed by atoms with Gasteiger partial charge in [0.2, 0.25) is 0 Å². The normalized spacial score (nSPS) is 12.7. The Morgan fingerprint density at radius 3 is 2.21 bits per heavy atom. The number of carbonyl (C=O) groups is 1. The van der Waals surface area contributed by atoms with Gasteiger partial charge in [0.05, 0.1) is 11.1 Å². The van der Waals surface area contributed by atoms with Gasteiger partial charge in [-0.2, -0.15) is 0 Å². The molecule has 0 rings (SSSR count). The highest BCUT2D eigenvalue weighted by molar-refractivity contribution is 9.11. The molecule has 0 aliphatic heterocycles. The fourth-order valence-corrected chi connectivity index (χ4v) is 1.35. The summed E-state index contributed by atoms with van der Waals surface area (Å²) in [6.07, 6.45) is -0.570. The third-order valence-electron chi connectivity index (χ3n) is 1.57. The van der Waals surface area contributed by atoms with E-state index in [1.165, 1.54) is 14.2 Å². The molecule has 0 aromatic rings. The maximum atomic E-state index is 11.3. The van der Waals surface area contributed by atoms with E-state index in [9.17, 15) is 4.79 Å². The fourth-order valence-electron chi connectivity index (χ4n) is 0.817. The fraction of sp³-hybridized carbons (Fsp3) is 0.667. The summed E-state index contributed by atoms with van der Waals surface area (Å²) in [4.78, 5) is 11.3. The van der Waals surface area contributed by atoms with Gasteiger partial charge in [-0.1, -0.05) is 0 Å². The van der Waals surface area contributed by atoms with Crippen molar-refractivity contribution in [1.29, 1.82) is 0 Å². The van der Waals surface area contributed by atoms with E-state index in [1.807, 2.05) is 0 Å². The van der Waals surface area contributed by atoms with Crippen LogP contribution in [0.25, 0.3) is 0 Å². The van der Waals surface area contributed by atoms with Gasteiger partial charge in [0.1, 0.15) is 0 Å². The second-order valence-electron chi connectivity index (χ2n) is 2.50. The van der Waals surface area contributed by atoms with E-state index in [2.05, 4.69) is 15.9 Å². The molecule has 0 aliphatic rings. The van der Waals surface area contributed by atoms with Crippen molar-refractivity contribution >= 4 is 21.9 Å². The molecule has 5 heteroatoms. The third kappa shape index (κ3) is 3.77. The minimum absolute atomic E-state index is 0.348. The van der Waals surface area contributed by atoms with Crippen molar-refractivity contribution in [3.63, 3.8) is 0 Å². The number of hydrogen-bond acceptors (Lipinski definition) is 4. The summed E-state index contributed by atoms with van der Waals surface area (Å²) in [5.41, 5.74) is 0.445. The van der Waals surface area contributed by atoms with Crippen LogP contribution in [0, 0.1) is 0 Å². The molecule has 4 nitrogen and oxygen atoms in total.